The number of aromatic carboxylic acids is 1. The summed E-state index contributed by atoms with van der Waals surface area (Å²) in [6.07, 6.45) is 0. The zero-order valence-corrected chi connectivity index (χ0v) is 9.81. The van der Waals surface area contributed by atoms with E-state index in [9.17, 15) is 4.79 Å². The predicted molar refractivity (Wildman–Crippen MR) is 64.6 cm³/mol. The van der Waals surface area contributed by atoms with Crippen molar-refractivity contribution < 1.29 is 9.90 Å². The van der Waals surface area contributed by atoms with Crippen LogP contribution in [0.15, 0.2) is 30.3 Å². The van der Waals surface area contributed by atoms with Crippen molar-refractivity contribution in [3.63, 3.8) is 0 Å². The number of carboxylic acids is 1. The molecule has 1 fully saturated rings. The van der Waals surface area contributed by atoms with Crippen LogP contribution in [-0.4, -0.2) is 24.2 Å². The van der Waals surface area contributed by atoms with Crippen molar-refractivity contribution in [3.8, 4) is 0 Å². The van der Waals surface area contributed by atoms with Gasteiger partial charge in [0.15, 0.2) is 0 Å². The van der Waals surface area contributed by atoms with Gasteiger partial charge in [0.05, 0.1) is 5.56 Å². The molecule has 2 rings (SSSR count). The van der Waals surface area contributed by atoms with Gasteiger partial charge in [-0.3, -0.25) is 0 Å². The summed E-state index contributed by atoms with van der Waals surface area (Å²) in [7, 11) is 0. The van der Waals surface area contributed by atoms with Gasteiger partial charge in [-0.15, -0.1) is 0 Å². The van der Waals surface area contributed by atoms with Crippen LogP contribution in [0.25, 0.3) is 0 Å². The van der Waals surface area contributed by atoms with E-state index >= 15 is 0 Å². The zero-order valence-electron chi connectivity index (χ0n) is 9.81. The van der Waals surface area contributed by atoms with Crippen molar-refractivity contribution in [1.82, 2.24) is 5.32 Å². The molecule has 1 heterocycles. The molecule has 0 amide bonds. The summed E-state index contributed by atoms with van der Waals surface area (Å²) in [5.41, 5.74) is 0.331. The van der Waals surface area contributed by atoms with E-state index in [1.807, 2.05) is 0 Å². The molecule has 0 radical (unpaired) electrons. The fourth-order valence-corrected chi connectivity index (χ4v) is 1.52. The van der Waals surface area contributed by atoms with Crippen molar-refractivity contribution in [2.45, 2.75) is 13.8 Å². The van der Waals surface area contributed by atoms with Crippen molar-refractivity contribution >= 4 is 5.97 Å². The molecule has 1 saturated heterocycles. The van der Waals surface area contributed by atoms with Crippen LogP contribution < -0.4 is 5.32 Å². The highest BCUT2D eigenvalue weighted by Gasteiger charge is 2.16. The lowest BCUT2D eigenvalue weighted by Crippen LogP contribution is -2.06. The molecule has 0 aromatic heterocycles. The average Bonchev–Trinajstić information content (AvgIpc) is 2.65. The van der Waals surface area contributed by atoms with Gasteiger partial charge in [0, 0.05) is 0 Å². The van der Waals surface area contributed by atoms with Crippen LogP contribution in [0.5, 0.6) is 0 Å². The molecule has 2 N–H and O–H groups in total. The monoisotopic (exact) mass is 221 g/mol. The highest BCUT2D eigenvalue weighted by Crippen LogP contribution is 2.13. The molecule has 0 spiro atoms. The third-order valence-electron chi connectivity index (χ3n) is 2.92. The molecule has 1 aromatic carbocycles. The van der Waals surface area contributed by atoms with Gasteiger partial charge in [0.2, 0.25) is 0 Å². The molecular formula is C13H19NO2. The maximum absolute atomic E-state index is 10.2. The van der Waals surface area contributed by atoms with Crippen molar-refractivity contribution in [2.75, 3.05) is 13.1 Å². The predicted octanol–water partition coefficient (Wildman–Crippen LogP) is 2.25. The van der Waals surface area contributed by atoms with Crippen molar-refractivity contribution in [3.05, 3.63) is 35.9 Å². The molecule has 0 saturated carbocycles. The Morgan fingerprint density at radius 1 is 1.19 bits per heavy atom. The normalized spacial score (nSPS) is 23.4. The zero-order chi connectivity index (χ0) is 12.0. The maximum atomic E-state index is 10.2. The molecule has 1 aliphatic rings. The molecule has 0 aliphatic carbocycles. The molecule has 3 heteroatoms. The SMILES string of the molecule is C[C@H]1CNC[C@@H]1C.O=C(O)c1ccccc1. The fourth-order valence-electron chi connectivity index (χ4n) is 1.52. The number of hydrogen-bond acceptors (Lipinski definition) is 2. The summed E-state index contributed by atoms with van der Waals surface area (Å²) >= 11 is 0. The van der Waals surface area contributed by atoms with Gasteiger partial charge >= 0.3 is 5.97 Å². The number of carbonyl (C=O) groups is 1. The first-order valence-electron chi connectivity index (χ1n) is 5.60. The van der Waals surface area contributed by atoms with E-state index in [-0.39, 0.29) is 0 Å². The van der Waals surface area contributed by atoms with Crippen LogP contribution >= 0.6 is 0 Å². The van der Waals surface area contributed by atoms with Crippen molar-refractivity contribution in [2.24, 2.45) is 11.8 Å². The lowest BCUT2D eigenvalue weighted by atomic mass is 10.0. The van der Waals surface area contributed by atoms with E-state index in [2.05, 4.69) is 19.2 Å². The maximum Gasteiger partial charge on any atom is 0.335 e. The quantitative estimate of drug-likeness (QED) is 0.764. The van der Waals surface area contributed by atoms with E-state index in [1.54, 1.807) is 30.3 Å². The first-order valence-corrected chi connectivity index (χ1v) is 5.60. The van der Waals surface area contributed by atoms with Crippen molar-refractivity contribution in [1.29, 1.82) is 0 Å². The summed E-state index contributed by atoms with van der Waals surface area (Å²) in [4.78, 5) is 10.2. The topological polar surface area (TPSA) is 49.3 Å². The molecule has 0 unspecified atom stereocenters. The first kappa shape index (κ1) is 12.7. The standard InChI is InChI=1S/C7H6O2.C6H13N/c8-7(9)6-4-2-1-3-5-6;1-5-3-7-4-6(5)2/h1-5H,(H,8,9);5-7H,3-4H2,1-2H3/t;5-,6-/m.0/s1. The molecule has 16 heavy (non-hydrogen) atoms. The Morgan fingerprint density at radius 3 is 1.94 bits per heavy atom. The summed E-state index contributed by atoms with van der Waals surface area (Å²) < 4.78 is 0. The largest absolute Gasteiger partial charge is 0.478 e. The Kier molecular flexibility index (Phi) is 4.99. The number of benzene rings is 1. The van der Waals surface area contributed by atoms with Crippen LogP contribution in [0.3, 0.4) is 0 Å². The van der Waals surface area contributed by atoms with E-state index in [0.717, 1.165) is 11.8 Å². The van der Waals surface area contributed by atoms with Gasteiger partial charge in [0.25, 0.3) is 0 Å². The van der Waals surface area contributed by atoms with Gasteiger partial charge in [-0.05, 0) is 37.1 Å². The number of hydrogen-bond donors (Lipinski definition) is 2. The highest BCUT2D eigenvalue weighted by atomic mass is 16.4. The number of carboxylic acid groups (broad SMARTS) is 1. The van der Waals surface area contributed by atoms with Crippen LogP contribution in [0.4, 0.5) is 0 Å². The molecule has 88 valence electrons. The number of nitrogens with one attached hydrogen (secondary N) is 1. The molecule has 3 nitrogen and oxygen atoms in total. The van der Waals surface area contributed by atoms with Crippen LogP contribution in [0.2, 0.25) is 0 Å². The van der Waals surface area contributed by atoms with Gasteiger partial charge in [-0.2, -0.15) is 0 Å². The van der Waals surface area contributed by atoms with Gasteiger partial charge in [-0.25, -0.2) is 4.79 Å². The lowest BCUT2D eigenvalue weighted by molar-refractivity contribution is 0.0697. The molecule has 0 bridgehead atoms. The van der Waals surface area contributed by atoms with Gasteiger partial charge in [-0.1, -0.05) is 32.0 Å². The molecule has 1 aromatic rings. The first-order chi connectivity index (χ1) is 7.61. The second-order valence-corrected chi connectivity index (χ2v) is 4.28. The van der Waals surface area contributed by atoms with E-state index in [1.165, 1.54) is 13.1 Å². The Labute approximate surface area is 96.5 Å². The van der Waals surface area contributed by atoms with Gasteiger partial charge in [0.1, 0.15) is 0 Å². The fraction of sp³-hybridized carbons (Fsp3) is 0.462. The Balaban J connectivity index is 0.000000165. The minimum Gasteiger partial charge on any atom is -0.478 e. The molecular weight excluding hydrogens is 202 g/mol. The van der Waals surface area contributed by atoms with Crippen LogP contribution in [-0.2, 0) is 0 Å². The van der Waals surface area contributed by atoms with Gasteiger partial charge < -0.3 is 10.4 Å². The van der Waals surface area contributed by atoms with E-state index < -0.39 is 5.97 Å². The average molecular weight is 221 g/mol. The van der Waals surface area contributed by atoms with E-state index in [0.29, 0.717) is 5.56 Å². The smallest absolute Gasteiger partial charge is 0.335 e. The Bertz CT molecular complexity index is 316. The second-order valence-electron chi connectivity index (χ2n) is 4.28. The van der Waals surface area contributed by atoms with Crippen LogP contribution in [0.1, 0.15) is 24.2 Å². The minimum atomic E-state index is -0.879. The summed E-state index contributed by atoms with van der Waals surface area (Å²) in [5.74, 6) is 0.926. The highest BCUT2D eigenvalue weighted by molar-refractivity contribution is 5.87. The lowest BCUT2D eigenvalue weighted by Gasteiger charge is -2.03. The van der Waals surface area contributed by atoms with Crippen LogP contribution in [0, 0.1) is 11.8 Å². The number of rotatable bonds is 1. The Hall–Kier alpha value is -1.35. The third-order valence-corrected chi connectivity index (χ3v) is 2.92. The second kappa shape index (κ2) is 6.28. The Morgan fingerprint density at radius 2 is 1.69 bits per heavy atom. The summed E-state index contributed by atoms with van der Waals surface area (Å²) in [5, 5.41) is 11.7. The minimum absolute atomic E-state index is 0.331. The molecule has 1 aliphatic heterocycles. The molecule has 2 atom stereocenters. The van der Waals surface area contributed by atoms with E-state index in [4.69, 9.17) is 5.11 Å². The third kappa shape index (κ3) is 4.03. The summed E-state index contributed by atoms with van der Waals surface area (Å²) in [6, 6.07) is 8.30. The summed E-state index contributed by atoms with van der Waals surface area (Å²) in [6.45, 7) is 7.04.